The summed E-state index contributed by atoms with van der Waals surface area (Å²) in [4.78, 5) is 13.6. The van der Waals surface area contributed by atoms with Crippen molar-refractivity contribution in [1.82, 2.24) is 5.32 Å². The molecule has 4 heteroatoms. The largest absolute Gasteiger partial charge is 0.356 e. The Morgan fingerprint density at radius 2 is 2.47 bits per heavy atom. The number of alkyl halides is 1. The zero-order valence-electron chi connectivity index (χ0n) is 11.5. The summed E-state index contributed by atoms with van der Waals surface area (Å²) in [7, 11) is 0. The van der Waals surface area contributed by atoms with Gasteiger partial charge in [0, 0.05) is 17.3 Å². The lowest BCUT2D eigenvalue weighted by atomic mass is 9.87. The fourth-order valence-electron chi connectivity index (χ4n) is 2.62. The van der Waals surface area contributed by atoms with Gasteiger partial charge < -0.3 is 5.32 Å². The summed E-state index contributed by atoms with van der Waals surface area (Å²) in [6.45, 7) is 2.92. The Morgan fingerprint density at radius 1 is 1.63 bits per heavy atom. The summed E-state index contributed by atoms with van der Waals surface area (Å²) in [5.74, 6) is 1.53. The highest BCUT2D eigenvalue weighted by atomic mass is 35.5. The van der Waals surface area contributed by atoms with Crippen LogP contribution in [0.2, 0.25) is 0 Å². The SMILES string of the molecule is CC(CCl)CCCNC(=O)C1CCCc2sccc21. The van der Waals surface area contributed by atoms with Crippen LogP contribution in [0.4, 0.5) is 0 Å². The number of carbonyl (C=O) groups is 1. The number of carbonyl (C=O) groups excluding carboxylic acids is 1. The molecule has 2 nitrogen and oxygen atoms in total. The number of thiophene rings is 1. The first-order chi connectivity index (χ1) is 9.22. The number of aryl methyl sites for hydroxylation is 1. The Hall–Kier alpha value is -0.540. The molecule has 2 unspecified atom stereocenters. The van der Waals surface area contributed by atoms with Crippen LogP contribution in [0.5, 0.6) is 0 Å². The zero-order chi connectivity index (χ0) is 13.7. The van der Waals surface area contributed by atoms with Crippen LogP contribution >= 0.6 is 22.9 Å². The van der Waals surface area contributed by atoms with Crippen molar-refractivity contribution in [2.45, 2.75) is 44.9 Å². The van der Waals surface area contributed by atoms with E-state index < -0.39 is 0 Å². The molecule has 0 saturated heterocycles. The number of hydrogen-bond donors (Lipinski definition) is 1. The molecule has 0 radical (unpaired) electrons. The first kappa shape index (κ1) is 14.9. The van der Waals surface area contributed by atoms with Crippen LogP contribution in [0.1, 0.15) is 49.0 Å². The Morgan fingerprint density at radius 3 is 3.26 bits per heavy atom. The molecule has 1 aromatic rings. The monoisotopic (exact) mass is 299 g/mol. The first-order valence-electron chi connectivity index (χ1n) is 7.12. The van der Waals surface area contributed by atoms with Gasteiger partial charge in [0.1, 0.15) is 0 Å². The minimum atomic E-state index is 0.0838. The Bertz CT molecular complexity index is 418. The van der Waals surface area contributed by atoms with Crippen LogP contribution in [0, 0.1) is 5.92 Å². The van der Waals surface area contributed by atoms with Crippen LogP contribution < -0.4 is 5.32 Å². The third-order valence-electron chi connectivity index (χ3n) is 3.80. The van der Waals surface area contributed by atoms with E-state index in [4.69, 9.17) is 11.6 Å². The molecule has 2 atom stereocenters. The van der Waals surface area contributed by atoms with Gasteiger partial charge in [0.05, 0.1) is 5.92 Å². The number of rotatable bonds is 6. The lowest BCUT2D eigenvalue weighted by molar-refractivity contribution is -0.122. The molecule has 0 aromatic carbocycles. The minimum absolute atomic E-state index is 0.0838. The third kappa shape index (κ3) is 3.96. The van der Waals surface area contributed by atoms with Gasteiger partial charge in [0.15, 0.2) is 0 Å². The maximum atomic E-state index is 12.2. The van der Waals surface area contributed by atoms with Crippen molar-refractivity contribution in [3.05, 3.63) is 21.9 Å². The second-order valence-electron chi connectivity index (χ2n) is 5.44. The van der Waals surface area contributed by atoms with Gasteiger partial charge in [-0.3, -0.25) is 4.79 Å². The van der Waals surface area contributed by atoms with Gasteiger partial charge >= 0.3 is 0 Å². The van der Waals surface area contributed by atoms with Gasteiger partial charge in [-0.25, -0.2) is 0 Å². The first-order valence-corrected chi connectivity index (χ1v) is 8.53. The molecule has 1 amide bonds. The average Bonchev–Trinajstić information content (AvgIpc) is 2.91. The minimum Gasteiger partial charge on any atom is -0.356 e. The molecule has 0 aliphatic heterocycles. The van der Waals surface area contributed by atoms with E-state index in [0.29, 0.717) is 11.8 Å². The van der Waals surface area contributed by atoms with Crippen molar-refractivity contribution in [2.24, 2.45) is 5.92 Å². The highest BCUT2D eigenvalue weighted by Crippen LogP contribution is 2.34. The molecule has 2 rings (SSSR count). The third-order valence-corrected chi connectivity index (χ3v) is 5.33. The highest BCUT2D eigenvalue weighted by molar-refractivity contribution is 7.10. The van der Waals surface area contributed by atoms with E-state index >= 15 is 0 Å². The molecule has 0 fully saturated rings. The van der Waals surface area contributed by atoms with Crippen molar-refractivity contribution in [2.75, 3.05) is 12.4 Å². The molecule has 1 aromatic heterocycles. The fraction of sp³-hybridized carbons (Fsp3) is 0.667. The number of amides is 1. The number of nitrogens with one attached hydrogen (secondary N) is 1. The molecule has 19 heavy (non-hydrogen) atoms. The highest BCUT2D eigenvalue weighted by Gasteiger charge is 2.26. The molecule has 0 spiro atoms. The van der Waals surface area contributed by atoms with Crippen molar-refractivity contribution in [1.29, 1.82) is 0 Å². The van der Waals surface area contributed by atoms with E-state index in [2.05, 4.69) is 23.7 Å². The Kier molecular flexibility index (Phi) is 5.71. The van der Waals surface area contributed by atoms with Gasteiger partial charge in [-0.2, -0.15) is 0 Å². The van der Waals surface area contributed by atoms with Crippen LogP contribution in [-0.2, 0) is 11.2 Å². The normalized spacial score (nSPS) is 19.8. The van der Waals surface area contributed by atoms with E-state index in [1.807, 2.05) is 0 Å². The van der Waals surface area contributed by atoms with Gasteiger partial charge in [-0.15, -0.1) is 22.9 Å². The van der Waals surface area contributed by atoms with Gasteiger partial charge in [0.25, 0.3) is 0 Å². The summed E-state index contributed by atoms with van der Waals surface area (Å²) in [5.41, 5.74) is 1.27. The van der Waals surface area contributed by atoms with Crippen molar-refractivity contribution >= 4 is 28.8 Å². The molecular formula is C15H22ClNOS. The van der Waals surface area contributed by atoms with E-state index in [0.717, 1.165) is 38.6 Å². The maximum absolute atomic E-state index is 12.2. The lowest BCUT2D eigenvalue weighted by Crippen LogP contribution is -2.31. The summed E-state index contributed by atoms with van der Waals surface area (Å²) in [5, 5.41) is 5.19. The molecule has 106 valence electrons. The topological polar surface area (TPSA) is 29.1 Å². The Balaban J connectivity index is 1.79. The van der Waals surface area contributed by atoms with Crippen LogP contribution in [0.3, 0.4) is 0 Å². The molecule has 0 bridgehead atoms. The van der Waals surface area contributed by atoms with Gasteiger partial charge in [0.2, 0.25) is 5.91 Å². The average molecular weight is 300 g/mol. The van der Waals surface area contributed by atoms with E-state index in [1.165, 1.54) is 10.4 Å². The number of fused-ring (bicyclic) bond motifs is 1. The smallest absolute Gasteiger partial charge is 0.227 e. The zero-order valence-corrected chi connectivity index (χ0v) is 13.0. The molecule has 1 aliphatic rings. The fourth-order valence-corrected chi connectivity index (χ4v) is 3.76. The van der Waals surface area contributed by atoms with Gasteiger partial charge in [-0.05, 0) is 55.0 Å². The molecule has 1 heterocycles. The van der Waals surface area contributed by atoms with Crippen molar-refractivity contribution in [3.63, 3.8) is 0 Å². The number of halogens is 1. The quantitative estimate of drug-likeness (QED) is 0.625. The number of hydrogen-bond acceptors (Lipinski definition) is 2. The van der Waals surface area contributed by atoms with Crippen molar-refractivity contribution < 1.29 is 4.79 Å². The maximum Gasteiger partial charge on any atom is 0.227 e. The standard InChI is InChI=1S/C15H22ClNOS/c1-11(10-16)4-3-8-17-15(18)13-5-2-6-14-12(13)7-9-19-14/h7,9,11,13H,2-6,8,10H2,1H3,(H,17,18). The Labute approximate surface area is 124 Å². The summed E-state index contributed by atoms with van der Waals surface area (Å²) < 4.78 is 0. The van der Waals surface area contributed by atoms with Crippen LogP contribution in [-0.4, -0.2) is 18.3 Å². The van der Waals surface area contributed by atoms with E-state index in [9.17, 15) is 4.79 Å². The van der Waals surface area contributed by atoms with Crippen LogP contribution in [0.15, 0.2) is 11.4 Å². The summed E-state index contributed by atoms with van der Waals surface area (Å²) in [6.07, 6.45) is 5.37. The second-order valence-corrected chi connectivity index (χ2v) is 6.75. The predicted molar refractivity (Wildman–Crippen MR) is 82.1 cm³/mol. The predicted octanol–water partition coefficient (Wildman–Crippen LogP) is 3.94. The van der Waals surface area contributed by atoms with Crippen molar-refractivity contribution in [3.8, 4) is 0 Å². The van der Waals surface area contributed by atoms with E-state index in [1.54, 1.807) is 11.3 Å². The summed E-state index contributed by atoms with van der Waals surface area (Å²) >= 11 is 7.56. The molecule has 1 aliphatic carbocycles. The molecule has 0 saturated carbocycles. The summed E-state index contributed by atoms with van der Waals surface area (Å²) in [6, 6.07) is 2.12. The van der Waals surface area contributed by atoms with Gasteiger partial charge in [-0.1, -0.05) is 6.92 Å². The van der Waals surface area contributed by atoms with E-state index in [-0.39, 0.29) is 11.8 Å². The van der Waals surface area contributed by atoms with Crippen LogP contribution in [0.25, 0.3) is 0 Å². The second kappa shape index (κ2) is 7.30. The molecular weight excluding hydrogens is 278 g/mol. The lowest BCUT2D eigenvalue weighted by Gasteiger charge is -2.22. The molecule has 1 N–H and O–H groups in total.